The van der Waals surface area contributed by atoms with Crippen molar-refractivity contribution < 1.29 is 0 Å². The van der Waals surface area contributed by atoms with E-state index in [1.165, 1.54) is 0 Å². The van der Waals surface area contributed by atoms with Crippen LogP contribution in [0.2, 0.25) is 0 Å². The molecule has 0 unspecified atom stereocenters. The van der Waals surface area contributed by atoms with Crippen molar-refractivity contribution in [3.63, 3.8) is 0 Å². The van der Waals surface area contributed by atoms with Gasteiger partial charge in [-0.1, -0.05) is 121 Å². The molecule has 3 aromatic heterocycles. The minimum absolute atomic E-state index is 0.0509. The average Bonchev–Trinajstić information content (AvgIpc) is 3.50. The van der Waals surface area contributed by atoms with E-state index in [0.29, 0.717) is 11.3 Å². The highest BCUT2D eigenvalue weighted by Gasteiger charge is 2.23. The van der Waals surface area contributed by atoms with E-state index >= 15 is 0 Å². The van der Waals surface area contributed by atoms with Gasteiger partial charge in [-0.15, -0.1) is 0 Å². The van der Waals surface area contributed by atoms with E-state index in [0.717, 1.165) is 76.7 Å². The van der Waals surface area contributed by atoms with E-state index in [9.17, 15) is 4.79 Å². The normalized spacial score (nSPS) is 11.8. The van der Waals surface area contributed by atoms with Crippen LogP contribution in [0.25, 0.3) is 88.0 Å². The summed E-state index contributed by atoms with van der Waals surface area (Å²) in [7, 11) is 0. The van der Waals surface area contributed by atoms with Crippen LogP contribution in [0.5, 0.6) is 0 Å². The second-order valence-electron chi connectivity index (χ2n) is 12.1. The molecule has 0 atom stereocenters. The molecule has 0 N–H and O–H groups in total. The van der Waals surface area contributed by atoms with Crippen LogP contribution in [-0.2, 0) is 0 Å². The van der Waals surface area contributed by atoms with E-state index in [4.69, 9.17) is 9.97 Å². The first-order chi connectivity index (χ1) is 23.8. The van der Waals surface area contributed by atoms with Crippen molar-refractivity contribution in [2.45, 2.75) is 0 Å². The summed E-state index contributed by atoms with van der Waals surface area (Å²) in [6.07, 6.45) is 0. The summed E-state index contributed by atoms with van der Waals surface area (Å²) in [5.41, 5.74) is 6.33. The van der Waals surface area contributed by atoms with Gasteiger partial charge in [-0.25, -0.2) is 9.97 Å². The van der Waals surface area contributed by atoms with Crippen molar-refractivity contribution >= 4 is 65.2 Å². The monoisotopic (exact) mass is 614 g/mol. The SMILES string of the molecule is O=c1c2ccccc2c2c(ccc3c4c5ccccc5ccc4n(-c4nc(-c5ccccc5)c5ccccc5n4)c32)n1-c1ccccc1. The Morgan fingerprint density at radius 2 is 1.06 bits per heavy atom. The first-order valence-electron chi connectivity index (χ1n) is 16.1. The highest BCUT2D eigenvalue weighted by molar-refractivity contribution is 6.29. The van der Waals surface area contributed by atoms with Crippen LogP contribution in [-0.4, -0.2) is 19.1 Å². The van der Waals surface area contributed by atoms with E-state index < -0.39 is 0 Å². The van der Waals surface area contributed by atoms with Crippen LogP contribution in [0.4, 0.5) is 0 Å². The summed E-state index contributed by atoms with van der Waals surface area (Å²) in [5, 5.41) is 8.05. The summed E-state index contributed by atoms with van der Waals surface area (Å²) in [5.74, 6) is 0.580. The average molecular weight is 615 g/mol. The highest BCUT2D eigenvalue weighted by Crippen LogP contribution is 2.42. The Bertz CT molecular complexity index is 2960. The third-order valence-corrected chi connectivity index (χ3v) is 9.52. The Labute approximate surface area is 274 Å². The third-order valence-electron chi connectivity index (χ3n) is 9.52. The second-order valence-corrected chi connectivity index (χ2v) is 12.1. The van der Waals surface area contributed by atoms with E-state index in [1.54, 1.807) is 0 Å². The molecule has 0 saturated heterocycles. The van der Waals surface area contributed by atoms with Crippen molar-refractivity contribution in [1.29, 1.82) is 0 Å². The van der Waals surface area contributed by atoms with Crippen molar-refractivity contribution in [2.75, 3.05) is 0 Å². The van der Waals surface area contributed by atoms with Gasteiger partial charge in [0, 0.05) is 38.2 Å². The quantitative estimate of drug-likeness (QED) is 0.186. The molecule has 10 rings (SSSR count). The molecular formula is C43H26N4O. The molecule has 7 aromatic carbocycles. The maximum atomic E-state index is 14.3. The number of nitrogens with zero attached hydrogens (tertiary/aromatic N) is 4. The third kappa shape index (κ3) is 3.76. The molecule has 0 spiro atoms. The lowest BCUT2D eigenvalue weighted by Gasteiger charge is -2.16. The second kappa shape index (κ2) is 10.2. The van der Waals surface area contributed by atoms with Gasteiger partial charge < -0.3 is 0 Å². The topological polar surface area (TPSA) is 52.7 Å². The summed E-state index contributed by atoms with van der Waals surface area (Å²) in [6, 6.07) is 53.4. The largest absolute Gasteiger partial charge is 0.277 e. The molecule has 0 fully saturated rings. The Kier molecular flexibility index (Phi) is 5.66. The van der Waals surface area contributed by atoms with Gasteiger partial charge in [0.2, 0.25) is 5.95 Å². The van der Waals surface area contributed by atoms with Crippen molar-refractivity contribution in [3.8, 4) is 22.9 Å². The van der Waals surface area contributed by atoms with Crippen molar-refractivity contribution in [2.24, 2.45) is 0 Å². The van der Waals surface area contributed by atoms with E-state index in [-0.39, 0.29) is 5.56 Å². The molecule has 0 bridgehead atoms. The molecule has 0 aliphatic carbocycles. The van der Waals surface area contributed by atoms with Crippen LogP contribution in [0.1, 0.15) is 0 Å². The Balaban J connectivity index is 1.47. The molecular weight excluding hydrogens is 589 g/mol. The number of fused-ring (bicyclic) bond motifs is 10. The molecule has 10 aromatic rings. The van der Waals surface area contributed by atoms with Gasteiger partial charge in [0.15, 0.2) is 0 Å². The van der Waals surface area contributed by atoms with Gasteiger partial charge in [0.25, 0.3) is 5.56 Å². The number of hydrogen-bond donors (Lipinski definition) is 0. The molecule has 0 aliphatic rings. The maximum absolute atomic E-state index is 14.3. The minimum Gasteiger partial charge on any atom is -0.277 e. The van der Waals surface area contributed by atoms with Gasteiger partial charge in [0.1, 0.15) is 0 Å². The van der Waals surface area contributed by atoms with Crippen molar-refractivity contribution in [3.05, 3.63) is 168 Å². The highest BCUT2D eigenvalue weighted by atomic mass is 16.1. The fraction of sp³-hybridized carbons (Fsp3) is 0. The number of aromatic nitrogens is 4. The zero-order valence-corrected chi connectivity index (χ0v) is 25.7. The first-order valence-corrected chi connectivity index (χ1v) is 16.1. The fourth-order valence-corrected chi connectivity index (χ4v) is 7.46. The number of benzene rings is 7. The predicted octanol–water partition coefficient (Wildman–Crippen LogP) is 10.0. The van der Waals surface area contributed by atoms with Crippen LogP contribution in [0, 0.1) is 0 Å². The Morgan fingerprint density at radius 1 is 0.438 bits per heavy atom. The first kappa shape index (κ1) is 26.6. The predicted molar refractivity (Wildman–Crippen MR) is 197 cm³/mol. The summed E-state index contributed by atoms with van der Waals surface area (Å²) >= 11 is 0. The molecule has 224 valence electrons. The molecule has 48 heavy (non-hydrogen) atoms. The maximum Gasteiger partial charge on any atom is 0.263 e. The smallest absolute Gasteiger partial charge is 0.263 e. The number of hydrogen-bond acceptors (Lipinski definition) is 3. The zero-order chi connectivity index (χ0) is 31.8. The van der Waals surface area contributed by atoms with Crippen molar-refractivity contribution in [1.82, 2.24) is 19.1 Å². The van der Waals surface area contributed by atoms with Gasteiger partial charge in [-0.2, -0.15) is 0 Å². The zero-order valence-electron chi connectivity index (χ0n) is 25.7. The molecule has 0 amide bonds. The molecule has 5 nitrogen and oxygen atoms in total. The van der Waals surface area contributed by atoms with Crippen LogP contribution in [0.15, 0.2) is 163 Å². The Morgan fingerprint density at radius 3 is 1.88 bits per heavy atom. The summed E-state index contributed by atoms with van der Waals surface area (Å²) < 4.78 is 4.05. The van der Waals surface area contributed by atoms with E-state index in [1.807, 2.05) is 83.4 Å². The Hall–Kier alpha value is -6.59. The molecule has 3 heterocycles. The van der Waals surface area contributed by atoms with Gasteiger partial charge in [-0.3, -0.25) is 13.9 Å². The lowest BCUT2D eigenvalue weighted by molar-refractivity contribution is 1.01. The van der Waals surface area contributed by atoms with Gasteiger partial charge in [-0.05, 0) is 52.6 Å². The lowest BCUT2D eigenvalue weighted by Crippen LogP contribution is -2.19. The molecule has 0 saturated carbocycles. The summed E-state index contributed by atoms with van der Waals surface area (Å²) in [6.45, 7) is 0. The lowest BCUT2D eigenvalue weighted by atomic mass is 10.00. The van der Waals surface area contributed by atoms with Crippen LogP contribution in [0.3, 0.4) is 0 Å². The molecule has 0 radical (unpaired) electrons. The van der Waals surface area contributed by atoms with Gasteiger partial charge in [0.05, 0.1) is 27.8 Å². The number of rotatable bonds is 3. The minimum atomic E-state index is -0.0509. The van der Waals surface area contributed by atoms with Crippen LogP contribution >= 0.6 is 0 Å². The standard InChI is InChI=1S/C43H26N4O/c48-42-32-20-10-9-19-31(32)39-37(46(42)29-16-5-2-6-17-29)26-24-34-38-30-18-8-7-13-27(30)23-25-36(38)47(41(34)39)43-44-35-22-12-11-21-33(35)40(45-43)28-14-3-1-4-15-28/h1-26H. The number of pyridine rings is 1. The molecule has 0 aliphatic heterocycles. The number of para-hydroxylation sites is 2. The van der Waals surface area contributed by atoms with Gasteiger partial charge >= 0.3 is 0 Å². The van der Waals surface area contributed by atoms with Crippen LogP contribution < -0.4 is 5.56 Å². The molecule has 5 heteroatoms. The summed E-state index contributed by atoms with van der Waals surface area (Å²) in [4.78, 5) is 24.9. The van der Waals surface area contributed by atoms with E-state index in [2.05, 4.69) is 83.4 Å². The fourth-order valence-electron chi connectivity index (χ4n) is 7.46.